The maximum Gasteiger partial charge on any atom is 0.0897 e. The summed E-state index contributed by atoms with van der Waals surface area (Å²) in [5.41, 5.74) is 2.27. The number of rotatable bonds is 6. The van der Waals surface area contributed by atoms with Crippen molar-refractivity contribution in [2.24, 2.45) is 0 Å². The molecule has 0 spiro atoms. The Hall–Kier alpha value is -0.610. The van der Waals surface area contributed by atoms with Crippen LogP contribution in [0.4, 0.5) is 0 Å². The van der Waals surface area contributed by atoms with E-state index in [1.807, 2.05) is 25.1 Å². The predicted octanol–water partition coefficient (Wildman–Crippen LogP) is 5.04. The van der Waals surface area contributed by atoms with Gasteiger partial charge in [-0.05, 0) is 37.6 Å². The molecule has 0 aliphatic heterocycles. The van der Waals surface area contributed by atoms with Crippen molar-refractivity contribution in [1.82, 2.24) is 10.3 Å². The van der Waals surface area contributed by atoms with Gasteiger partial charge in [0.1, 0.15) is 0 Å². The number of hydrogen-bond donors (Lipinski definition) is 1. The second-order valence-electron chi connectivity index (χ2n) is 4.74. The molecule has 0 fully saturated rings. The molecule has 0 saturated heterocycles. The van der Waals surface area contributed by atoms with Crippen LogP contribution in [0, 0.1) is 6.92 Å². The van der Waals surface area contributed by atoms with Gasteiger partial charge < -0.3 is 5.32 Å². The van der Waals surface area contributed by atoms with Gasteiger partial charge in [0.15, 0.2) is 0 Å². The van der Waals surface area contributed by atoms with Crippen molar-refractivity contribution in [3.8, 4) is 0 Å². The quantitative estimate of drug-likeness (QED) is 0.803. The molecule has 0 radical (unpaired) electrons. The van der Waals surface area contributed by atoms with Crippen molar-refractivity contribution in [2.75, 3.05) is 6.54 Å². The lowest BCUT2D eigenvalue weighted by atomic mass is 10.0. The summed E-state index contributed by atoms with van der Waals surface area (Å²) in [5.74, 6) is 0. The summed E-state index contributed by atoms with van der Waals surface area (Å²) in [6, 6.07) is 6.04. The molecule has 1 aromatic heterocycles. The van der Waals surface area contributed by atoms with Crippen molar-refractivity contribution in [3.05, 3.63) is 49.9 Å². The fraction of sp³-hybridized carbons (Fsp3) is 0.400. The van der Waals surface area contributed by atoms with Gasteiger partial charge in [0.25, 0.3) is 0 Å². The van der Waals surface area contributed by atoms with Gasteiger partial charge in [0.05, 0.1) is 20.7 Å². The molecular weight excluding hydrogens is 311 g/mol. The Kier molecular flexibility index (Phi) is 5.85. The van der Waals surface area contributed by atoms with Gasteiger partial charge in [-0.2, -0.15) is 0 Å². The van der Waals surface area contributed by atoms with Crippen LogP contribution < -0.4 is 5.32 Å². The Bertz CT molecular complexity index is 569. The Morgan fingerprint density at radius 1 is 1.30 bits per heavy atom. The lowest BCUT2D eigenvalue weighted by molar-refractivity contribution is 0.525. The molecule has 1 unspecified atom stereocenters. The minimum absolute atomic E-state index is 0.214. The van der Waals surface area contributed by atoms with Gasteiger partial charge in [-0.3, -0.25) is 0 Å². The van der Waals surface area contributed by atoms with Crippen molar-refractivity contribution in [3.63, 3.8) is 0 Å². The van der Waals surface area contributed by atoms with Gasteiger partial charge >= 0.3 is 0 Å². The van der Waals surface area contributed by atoms with Gasteiger partial charge in [0.2, 0.25) is 0 Å². The second-order valence-corrected chi connectivity index (χ2v) is 6.62. The third kappa shape index (κ3) is 4.19. The lowest BCUT2D eigenvalue weighted by Gasteiger charge is -2.18. The molecule has 5 heteroatoms. The van der Waals surface area contributed by atoms with Gasteiger partial charge in [0, 0.05) is 17.8 Å². The Balaban J connectivity index is 2.19. The number of nitrogens with one attached hydrogen (secondary N) is 1. The van der Waals surface area contributed by atoms with Crippen LogP contribution in [-0.2, 0) is 6.42 Å². The fourth-order valence-electron chi connectivity index (χ4n) is 2.07. The number of hydrogen-bond acceptors (Lipinski definition) is 3. The van der Waals surface area contributed by atoms with Crippen LogP contribution in [0.5, 0.6) is 0 Å². The number of aryl methyl sites for hydroxylation is 1. The van der Waals surface area contributed by atoms with E-state index < -0.39 is 0 Å². The Morgan fingerprint density at radius 2 is 2.10 bits per heavy atom. The normalized spacial score (nSPS) is 12.6. The van der Waals surface area contributed by atoms with Crippen molar-refractivity contribution < 1.29 is 0 Å². The van der Waals surface area contributed by atoms with Crippen LogP contribution in [-0.4, -0.2) is 11.5 Å². The molecule has 1 N–H and O–H groups in total. The zero-order chi connectivity index (χ0) is 14.5. The molecule has 2 aromatic rings. The first-order chi connectivity index (χ1) is 9.60. The third-order valence-electron chi connectivity index (χ3n) is 3.07. The first kappa shape index (κ1) is 15.8. The van der Waals surface area contributed by atoms with E-state index in [0.29, 0.717) is 10.0 Å². The van der Waals surface area contributed by atoms with E-state index in [9.17, 15) is 0 Å². The molecule has 2 rings (SSSR count). The van der Waals surface area contributed by atoms with E-state index in [4.69, 9.17) is 23.2 Å². The topological polar surface area (TPSA) is 24.9 Å². The highest BCUT2D eigenvalue weighted by Crippen LogP contribution is 2.27. The number of nitrogens with zero attached hydrogens (tertiary/aromatic N) is 1. The summed E-state index contributed by atoms with van der Waals surface area (Å²) in [6.45, 7) is 5.15. The molecule has 0 aliphatic rings. The van der Waals surface area contributed by atoms with E-state index in [-0.39, 0.29) is 6.04 Å². The van der Waals surface area contributed by atoms with Crippen LogP contribution >= 0.6 is 34.5 Å². The first-order valence-corrected chi connectivity index (χ1v) is 8.33. The van der Waals surface area contributed by atoms with E-state index in [1.54, 1.807) is 11.3 Å². The van der Waals surface area contributed by atoms with E-state index in [2.05, 4.69) is 22.6 Å². The number of thiazole rings is 1. The van der Waals surface area contributed by atoms with Crippen LogP contribution in [0.25, 0.3) is 0 Å². The summed E-state index contributed by atoms with van der Waals surface area (Å²) < 4.78 is 0. The Labute approximate surface area is 134 Å². The lowest BCUT2D eigenvalue weighted by Crippen LogP contribution is -2.24. The maximum atomic E-state index is 6.13. The summed E-state index contributed by atoms with van der Waals surface area (Å²) in [6.07, 6.45) is 1.95. The largest absolute Gasteiger partial charge is 0.310 e. The molecule has 0 aliphatic carbocycles. The fourth-order valence-corrected chi connectivity index (χ4v) is 3.00. The molecule has 108 valence electrons. The number of aromatic nitrogens is 1. The van der Waals surface area contributed by atoms with Crippen LogP contribution in [0.3, 0.4) is 0 Å². The first-order valence-electron chi connectivity index (χ1n) is 6.69. The highest BCUT2D eigenvalue weighted by atomic mass is 35.5. The molecule has 20 heavy (non-hydrogen) atoms. The highest BCUT2D eigenvalue weighted by molar-refractivity contribution is 7.09. The zero-order valence-corrected chi connectivity index (χ0v) is 13.9. The maximum absolute atomic E-state index is 6.13. The van der Waals surface area contributed by atoms with Crippen molar-refractivity contribution in [1.29, 1.82) is 0 Å². The smallest absolute Gasteiger partial charge is 0.0897 e. The molecule has 0 amide bonds. The second kappa shape index (κ2) is 7.41. The number of halogens is 2. The highest BCUT2D eigenvalue weighted by Gasteiger charge is 2.14. The number of benzene rings is 1. The van der Waals surface area contributed by atoms with Crippen molar-refractivity contribution >= 4 is 34.5 Å². The minimum atomic E-state index is 0.214. The van der Waals surface area contributed by atoms with Crippen molar-refractivity contribution in [2.45, 2.75) is 32.7 Å². The summed E-state index contributed by atoms with van der Waals surface area (Å²) in [4.78, 5) is 4.54. The molecular formula is C15H18Cl2N2S. The SMILES string of the molecule is CCCNC(Cc1csc(C)n1)c1ccc(Cl)c(Cl)c1. The molecule has 1 atom stereocenters. The van der Waals surface area contributed by atoms with E-state index >= 15 is 0 Å². The van der Waals surface area contributed by atoms with Crippen LogP contribution in [0.15, 0.2) is 23.6 Å². The average molecular weight is 329 g/mol. The van der Waals surface area contributed by atoms with Gasteiger partial charge in [-0.1, -0.05) is 36.2 Å². The molecule has 0 bridgehead atoms. The molecule has 1 aromatic carbocycles. The standard InChI is InChI=1S/C15H18Cl2N2S/c1-3-6-18-15(8-12-9-20-10(2)19-12)11-4-5-13(16)14(17)7-11/h4-5,7,9,15,18H,3,6,8H2,1-2H3. The van der Waals surface area contributed by atoms with E-state index in [1.165, 1.54) is 0 Å². The predicted molar refractivity (Wildman–Crippen MR) is 88.1 cm³/mol. The van der Waals surface area contributed by atoms with Gasteiger partial charge in [-0.25, -0.2) is 4.98 Å². The monoisotopic (exact) mass is 328 g/mol. The molecule has 2 nitrogen and oxygen atoms in total. The van der Waals surface area contributed by atoms with Gasteiger partial charge in [-0.15, -0.1) is 11.3 Å². The summed E-state index contributed by atoms with van der Waals surface area (Å²) in [5, 5.41) is 7.96. The zero-order valence-electron chi connectivity index (χ0n) is 11.6. The Morgan fingerprint density at radius 3 is 2.70 bits per heavy atom. The molecule has 1 heterocycles. The summed E-state index contributed by atoms with van der Waals surface area (Å²) in [7, 11) is 0. The minimum Gasteiger partial charge on any atom is -0.310 e. The third-order valence-corrected chi connectivity index (χ3v) is 4.63. The van der Waals surface area contributed by atoms with E-state index in [0.717, 1.165) is 35.7 Å². The average Bonchev–Trinajstić information content (AvgIpc) is 2.83. The van der Waals surface area contributed by atoms with Crippen LogP contribution in [0.1, 0.15) is 35.7 Å². The summed E-state index contributed by atoms with van der Waals surface area (Å²) >= 11 is 13.8. The molecule has 0 saturated carbocycles. The van der Waals surface area contributed by atoms with Crippen LogP contribution in [0.2, 0.25) is 10.0 Å².